The third-order valence-corrected chi connectivity index (χ3v) is 3.03. The standard InChI is InChI=1S/C13H22ClN3/c1-4-6-9-17(3)13-8-7-11(14)12(16-13)10-15-5-2/h7-8,15H,4-6,9-10H2,1-3H3. The van der Waals surface area contributed by atoms with Gasteiger partial charge in [-0.15, -0.1) is 0 Å². The number of halogens is 1. The highest BCUT2D eigenvalue weighted by molar-refractivity contribution is 6.31. The Hall–Kier alpha value is -0.800. The molecule has 0 saturated heterocycles. The van der Waals surface area contributed by atoms with Crippen LogP contribution in [0.1, 0.15) is 32.4 Å². The first-order valence-corrected chi connectivity index (χ1v) is 6.64. The van der Waals surface area contributed by atoms with Crippen molar-refractivity contribution in [2.45, 2.75) is 33.2 Å². The summed E-state index contributed by atoms with van der Waals surface area (Å²) in [6.45, 7) is 6.95. The maximum Gasteiger partial charge on any atom is 0.128 e. The van der Waals surface area contributed by atoms with Crippen molar-refractivity contribution >= 4 is 17.4 Å². The summed E-state index contributed by atoms with van der Waals surface area (Å²) >= 11 is 6.12. The molecule has 0 bridgehead atoms. The third-order valence-electron chi connectivity index (χ3n) is 2.68. The van der Waals surface area contributed by atoms with Gasteiger partial charge in [0.1, 0.15) is 5.82 Å². The van der Waals surface area contributed by atoms with Gasteiger partial charge < -0.3 is 10.2 Å². The summed E-state index contributed by atoms with van der Waals surface area (Å²) < 4.78 is 0. The Morgan fingerprint density at radius 1 is 1.35 bits per heavy atom. The Balaban J connectivity index is 2.72. The fourth-order valence-corrected chi connectivity index (χ4v) is 1.73. The lowest BCUT2D eigenvalue weighted by molar-refractivity contribution is 0.705. The average molecular weight is 256 g/mol. The zero-order chi connectivity index (χ0) is 12.7. The molecular formula is C13H22ClN3. The SMILES string of the molecule is CCCCN(C)c1ccc(Cl)c(CNCC)n1. The van der Waals surface area contributed by atoms with Gasteiger partial charge in [0.25, 0.3) is 0 Å². The van der Waals surface area contributed by atoms with E-state index >= 15 is 0 Å². The number of aromatic nitrogens is 1. The molecular weight excluding hydrogens is 234 g/mol. The average Bonchev–Trinajstić information content (AvgIpc) is 2.35. The predicted molar refractivity (Wildman–Crippen MR) is 74.8 cm³/mol. The Kier molecular flexibility index (Phi) is 6.30. The van der Waals surface area contributed by atoms with Gasteiger partial charge in [0.2, 0.25) is 0 Å². The molecule has 0 aliphatic carbocycles. The zero-order valence-corrected chi connectivity index (χ0v) is 11.7. The summed E-state index contributed by atoms with van der Waals surface area (Å²) in [5, 5.41) is 3.98. The maximum absolute atomic E-state index is 6.12. The van der Waals surface area contributed by atoms with Gasteiger partial charge in [-0.3, -0.25) is 0 Å². The minimum atomic E-state index is 0.727. The van der Waals surface area contributed by atoms with Crippen LogP contribution in [-0.2, 0) is 6.54 Å². The molecule has 0 atom stereocenters. The minimum absolute atomic E-state index is 0.727. The number of anilines is 1. The quantitative estimate of drug-likeness (QED) is 0.812. The lowest BCUT2D eigenvalue weighted by Gasteiger charge is -2.19. The molecule has 96 valence electrons. The molecule has 0 radical (unpaired) electrons. The van der Waals surface area contributed by atoms with E-state index in [2.05, 4.69) is 36.1 Å². The summed E-state index contributed by atoms with van der Waals surface area (Å²) in [5.74, 6) is 0.996. The van der Waals surface area contributed by atoms with Crippen molar-refractivity contribution in [2.75, 3.05) is 25.0 Å². The summed E-state index contributed by atoms with van der Waals surface area (Å²) in [5.41, 5.74) is 0.925. The van der Waals surface area contributed by atoms with Gasteiger partial charge in [-0.05, 0) is 25.1 Å². The van der Waals surface area contributed by atoms with Gasteiger partial charge in [-0.25, -0.2) is 4.98 Å². The number of nitrogens with zero attached hydrogens (tertiary/aromatic N) is 2. The summed E-state index contributed by atoms with van der Waals surface area (Å²) in [6.07, 6.45) is 2.38. The molecule has 1 aromatic rings. The molecule has 0 fully saturated rings. The normalized spacial score (nSPS) is 10.6. The maximum atomic E-state index is 6.12. The van der Waals surface area contributed by atoms with E-state index in [1.807, 2.05) is 12.1 Å². The lowest BCUT2D eigenvalue weighted by atomic mass is 10.3. The van der Waals surface area contributed by atoms with E-state index in [0.717, 1.165) is 36.2 Å². The zero-order valence-electron chi connectivity index (χ0n) is 11.0. The molecule has 0 amide bonds. The molecule has 17 heavy (non-hydrogen) atoms. The molecule has 4 heteroatoms. The van der Waals surface area contributed by atoms with Crippen LogP contribution in [0.15, 0.2) is 12.1 Å². The molecule has 1 N–H and O–H groups in total. The second-order valence-corrected chi connectivity index (χ2v) is 4.56. The van der Waals surface area contributed by atoms with Crippen LogP contribution in [0.2, 0.25) is 5.02 Å². The lowest BCUT2D eigenvalue weighted by Crippen LogP contribution is -2.21. The van der Waals surface area contributed by atoms with Crippen molar-refractivity contribution in [1.82, 2.24) is 10.3 Å². The second-order valence-electron chi connectivity index (χ2n) is 4.15. The van der Waals surface area contributed by atoms with Crippen molar-refractivity contribution in [3.8, 4) is 0 Å². The number of unbranched alkanes of at least 4 members (excludes halogenated alkanes) is 1. The first-order valence-electron chi connectivity index (χ1n) is 6.26. The molecule has 0 unspecified atom stereocenters. The highest BCUT2D eigenvalue weighted by Gasteiger charge is 2.06. The summed E-state index contributed by atoms with van der Waals surface area (Å²) in [7, 11) is 2.07. The molecule has 3 nitrogen and oxygen atoms in total. The first kappa shape index (κ1) is 14.3. The van der Waals surface area contributed by atoms with Crippen molar-refractivity contribution in [1.29, 1.82) is 0 Å². The number of hydrogen-bond acceptors (Lipinski definition) is 3. The topological polar surface area (TPSA) is 28.2 Å². The van der Waals surface area contributed by atoms with Crippen molar-refractivity contribution in [3.05, 3.63) is 22.8 Å². The molecule has 0 aliphatic heterocycles. The van der Waals surface area contributed by atoms with Gasteiger partial charge in [-0.1, -0.05) is 31.9 Å². The minimum Gasteiger partial charge on any atom is -0.360 e. The van der Waals surface area contributed by atoms with Gasteiger partial charge in [0.15, 0.2) is 0 Å². The van der Waals surface area contributed by atoms with Crippen LogP contribution in [0.25, 0.3) is 0 Å². The van der Waals surface area contributed by atoms with Crippen LogP contribution in [0.3, 0.4) is 0 Å². The fraction of sp³-hybridized carbons (Fsp3) is 0.615. The van der Waals surface area contributed by atoms with Gasteiger partial charge in [-0.2, -0.15) is 0 Å². The Bertz CT molecular complexity index is 341. The van der Waals surface area contributed by atoms with Gasteiger partial charge in [0.05, 0.1) is 10.7 Å². The van der Waals surface area contributed by atoms with Crippen molar-refractivity contribution in [2.24, 2.45) is 0 Å². The largest absolute Gasteiger partial charge is 0.360 e. The fourth-order valence-electron chi connectivity index (χ4n) is 1.56. The van der Waals surface area contributed by atoms with Crippen LogP contribution in [0.4, 0.5) is 5.82 Å². The predicted octanol–water partition coefficient (Wildman–Crippen LogP) is 3.08. The van der Waals surface area contributed by atoms with Gasteiger partial charge >= 0.3 is 0 Å². The highest BCUT2D eigenvalue weighted by Crippen LogP contribution is 2.18. The third kappa shape index (κ3) is 4.52. The first-order chi connectivity index (χ1) is 8.19. The van der Waals surface area contributed by atoms with E-state index in [9.17, 15) is 0 Å². The molecule has 1 rings (SSSR count). The number of nitrogens with one attached hydrogen (secondary N) is 1. The van der Waals surface area contributed by atoms with E-state index in [1.165, 1.54) is 12.8 Å². The van der Waals surface area contributed by atoms with E-state index in [4.69, 9.17) is 11.6 Å². The summed E-state index contributed by atoms with van der Waals surface area (Å²) in [6, 6.07) is 3.91. The van der Waals surface area contributed by atoms with Crippen LogP contribution in [0, 0.1) is 0 Å². The Labute approximate surface area is 109 Å². The van der Waals surface area contributed by atoms with Crippen molar-refractivity contribution in [3.63, 3.8) is 0 Å². The molecule has 0 spiro atoms. The molecule has 0 aliphatic rings. The number of rotatable bonds is 7. The van der Waals surface area contributed by atoms with E-state index < -0.39 is 0 Å². The number of hydrogen-bond donors (Lipinski definition) is 1. The Morgan fingerprint density at radius 2 is 2.12 bits per heavy atom. The monoisotopic (exact) mass is 255 g/mol. The Morgan fingerprint density at radius 3 is 2.76 bits per heavy atom. The van der Waals surface area contributed by atoms with Crippen LogP contribution in [0.5, 0.6) is 0 Å². The molecule has 0 saturated carbocycles. The van der Waals surface area contributed by atoms with E-state index in [0.29, 0.717) is 0 Å². The highest BCUT2D eigenvalue weighted by atomic mass is 35.5. The van der Waals surface area contributed by atoms with E-state index in [1.54, 1.807) is 0 Å². The van der Waals surface area contributed by atoms with Crippen LogP contribution in [-0.4, -0.2) is 25.1 Å². The summed E-state index contributed by atoms with van der Waals surface area (Å²) in [4.78, 5) is 6.77. The van der Waals surface area contributed by atoms with Crippen molar-refractivity contribution < 1.29 is 0 Å². The number of pyridine rings is 1. The molecule has 0 aromatic carbocycles. The van der Waals surface area contributed by atoms with Gasteiger partial charge in [0, 0.05) is 20.1 Å². The second kappa shape index (κ2) is 7.51. The smallest absolute Gasteiger partial charge is 0.128 e. The molecule has 1 heterocycles. The van der Waals surface area contributed by atoms with Crippen LogP contribution < -0.4 is 10.2 Å². The van der Waals surface area contributed by atoms with Crippen LogP contribution >= 0.6 is 11.6 Å². The van der Waals surface area contributed by atoms with E-state index in [-0.39, 0.29) is 0 Å². The molecule has 1 aromatic heterocycles.